The number of nitrogens with one attached hydrogen (secondary N) is 1. The molecule has 0 fully saturated rings. The summed E-state index contributed by atoms with van der Waals surface area (Å²) in [5.74, 6) is 0.962. The molecular formula is C10H16N4O. The van der Waals surface area contributed by atoms with Crippen molar-refractivity contribution < 1.29 is 4.74 Å². The topological polar surface area (TPSA) is 84.9 Å². The SMILES string of the molecule is COc1cnc(C(C)(C)C)nc1C(=N)N. The molecule has 82 valence electrons. The van der Waals surface area contributed by atoms with E-state index in [4.69, 9.17) is 15.9 Å². The number of amidine groups is 1. The number of hydrogen-bond donors (Lipinski definition) is 2. The molecule has 0 unspecified atom stereocenters. The number of methoxy groups -OCH3 is 1. The Bertz CT molecular complexity index is 381. The molecule has 0 bridgehead atoms. The second-order valence-corrected chi connectivity index (χ2v) is 4.27. The van der Waals surface area contributed by atoms with Crippen molar-refractivity contribution in [2.45, 2.75) is 26.2 Å². The number of aromatic nitrogens is 2. The molecule has 0 aromatic carbocycles. The lowest BCUT2D eigenvalue weighted by molar-refractivity contribution is 0.406. The maximum absolute atomic E-state index is 7.39. The van der Waals surface area contributed by atoms with Crippen LogP contribution in [0.5, 0.6) is 5.75 Å². The summed E-state index contributed by atoms with van der Waals surface area (Å²) in [6.45, 7) is 6.00. The van der Waals surface area contributed by atoms with Crippen LogP contribution in [-0.2, 0) is 5.41 Å². The van der Waals surface area contributed by atoms with Crippen LogP contribution in [-0.4, -0.2) is 22.9 Å². The Hall–Kier alpha value is -1.65. The molecule has 0 saturated heterocycles. The predicted molar refractivity (Wildman–Crippen MR) is 58.3 cm³/mol. The molecule has 0 saturated carbocycles. The molecule has 1 aromatic heterocycles. The van der Waals surface area contributed by atoms with Crippen molar-refractivity contribution in [3.63, 3.8) is 0 Å². The Morgan fingerprint density at radius 3 is 2.47 bits per heavy atom. The van der Waals surface area contributed by atoms with Gasteiger partial charge >= 0.3 is 0 Å². The largest absolute Gasteiger partial charge is 0.493 e. The van der Waals surface area contributed by atoms with Crippen LogP contribution in [0, 0.1) is 5.41 Å². The lowest BCUT2D eigenvalue weighted by atomic mass is 9.95. The van der Waals surface area contributed by atoms with Crippen LogP contribution in [0.3, 0.4) is 0 Å². The molecule has 0 aliphatic carbocycles. The number of nitrogens with zero attached hydrogens (tertiary/aromatic N) is 2. The first-order valence-corrected chi connectivity index (χ1v) is 4.62. The summed E-state index contributed by atoms with van der Waals surface area (Å²) in [5, 5.41) is 7.39. The van der Waals surface area contributed by atoms with E-state index in [-0.39, 0.29) is 11.3 Å². The van der Waals surface area contributed by atoms with Gasteiger partial charge in [-0.3, -0.25) is 5.41 Å². The van der Waals surface area contributed by atoms with Gasteiger partial charge in [-0.15, -0.1) is 0 Å². The quantitative estimate of drug-likeness (QED) is 0.562. The van der Waals surface area contributed by atoms with Crippen LogP contribution in [0.4, 0.5) is 0 Å². The molecule has 0 atom stereocenters. The number of ether oxygens (including phenoxy) is 1. The highest BCUT2D eigenvalue weighted by Crippen LogP contribution is 2.21. The third-order valence-corrected chi connectivity index (χ3v) is 1.90. The fraction of sp³-hybridized carbons (Fsp3) is 0.500. The van der Waals surface area contributed by atoms with Crippen LogP contribution in [0.25, 0.3) is 0 Å². The Morgan fingerprint density at radius 2 is 2.07 bits per heavy atom. The van der Waals surface area contributed by atoms with Gasteiger partial charge in [0.25, 0.3) is 0 Å². The zero-order valence-electron chi connectivity index (χ0n) is 9.46. The van der Waals surface area contributed by atoms with Gasteiger partial charge in [0.15, 0.2) is 11.4 Å². The third-order valence-electron chi connectivity index (χ3n) is 1.90. The Balaban J connectivity index is 3.28. The van der Waals surface area contributed by atoms with Gasteiger partial charge < -0.3 is 10.5 Å². The van der Waals surface area contributed by atoms with E-state index in [1.165, 1.54) is 7.11 Å². The van der Waals surface area contributed by atoms with Gasteiger partial charge in [-0.1, -0.05) is 20.8 Å². The molecule has 0 aliphatic rings. The summed E-state index contributed by atoms with van der Waals surface area (Å²) in [7, 11) is 1.50. The summed E-state index contributed by atoms with van der Waals surface area (Å²) in [4.78, 5) is 8.40. The van der Waals surface area contributed by atoms with E-state index in [1.807, 2.05) is 20.8 Å². The van der Waals surface area contributed by atoms with Gasteiger partial charge in [0, 0.05) is 5.41 Å². The van der Waals surface area contributed by atoms with Crippen LogP contribution < -0.4 is 10.5 Å². The van der Waals surface area contributed by atoms with Crippen molar-refractivity contribution in [3.05, 3.63) is 17.7 Å². The number of rotatable bonds is 2. The summed E-state index contributed by atoms with van der Waals surface area (Å²) < 4.78 is 5.03. The Labute approximate surface area is 89.2 Å². The molecule has 0 aliphatic heterocycles. The highest BCUT2D eigenvalue weighted by molar-refractivity contribution is 5.95. The summed E-state index contributed by atoms with van der Waals surface area (Å²) in [6, 6.07) is 0. The van der Waals surface area contributed by atoms with E-state index in [0.29, 0.717) is 17.3 Å². The monoisotopic (exact) mass is 208 g/mol. The Morgan fingerprint density at radius 1 is 1.47 bits per heavy atom. The summed E-state index contributed by atoms with van der Waals surface area (Å²) in [5.41, 5.74) is 5.59. The maximum atomic E-state index is 7.39. The van der Waals surface area contributed by atoms with Gasteiger partial charge in [0.05, 0.1) is 13.3 Å². The van der Waals surface area contributed by atoms with Crippen molar-refractivity contribution in [1.82, 2.24) is 9.97 Å². The minimum atomic E-state index is -0.170. The predicted octanol–water partition coefficient (Wildman–Crippen LogP) is 1.07. The maximum Gasteiger partial charge on any atom is 0.166 e. The lowest BCUT2D eigenvalue weighted by Gasteiger charge is -2.17. The Kier molecular flexibility index (Phi) is 2.93. The van der Waals surface area contributed by atoms with E-state index in [2.05, 4.69) is 9.97 Å². The van der Waals surface area contributed by atoms with Gasteiger partial charge in [-0.2, -0.15) is 0 Å². The van der Waals surface area contributed by atoms with Crippen LogP contribution >= 0.6 is 0 Å². The smallest absolute Gasteiger partial charge is 0.166 e. The molecule has 5 nitrogen and oxygen atoms in total. The normalized spacial score (nSPS) is 11.2. The van der Waals surface area contributed by atoms with Crippen molar-refractivity contribution >= 4 is 5.84 Å². The first kappa shape index (κ1) is 11.4. The van der Waals surface area contributed by atoms with Crippen molar-refractivity contribution in [3.8, 4) is 5.75 Å². The van der Waals surface area contributed by atoms with E-state index in [0.717, 1.165) is 0 Å². The van der Waals surface area contributed by atoms with Gasteiger partial charge in [0.2, 0.25) is 0 Å². The second-order valence-electron chi connectivity index (χ2n) is 4.27. The zero-order chi connectivity index (χ0) is 11.6. The number of nitrogen functional groups attached to an aromatic ring is 1. The third kappa shape index (κ3) is 2.43. The van der Waals surface area contributed by atoms with E-state index >= 15 is 0 Å². The van der Waals surface area contributed by atoms with Crippen molar-refractivity contribution in [1.29, 1.82) is 5.41 Å². The van der Waals surface area contributed by atoms with Crippen LogP contribution in [0.2, 0.25) is 0 Å². The highest BCUT2D eigenvalue weighted by atomic mass is 16.5. The summed E-state index contributed by atoms with van der Waals surface area (Å²) in [6.07, 6.45) is 1.55. The number of nitrogens with two attached hydrogens (primary N) is 1. The minimum absolute atomic E-state index is 0.111. The summed E-state index contributed by atoms with van der Waals surface area (Å²) >= 11 is 0. The van der Waals surface area contributed by atoms with Crippen LogP contribution in [0.15, 0.2) is 6.20 Å². The molecule has 0 spiro atoms. The first-order chi connectivity index (χ1) is 6.86. The fourth-order valence-corrected chi connectivity index (χ4v) is 1.07. The molecule has 1 rings (SSSR count). The number of hydrogen-bond acceptors (Lipinski definition) is 4. The second kappa shape index (κ2) is 3.84. The van der Waals surface area contributed by atoms with Crippen molar-refractivity contribution in [2.24, 2.45) is 5.73 Å². The standard InChI is InChI=1S/C10H16N4O/c1-10(2,3)9-13-5-6(15-4)7(14-9)8(11)12/h5H,1-4H3,(H3,11,12). The molecule has 0 radical (unpaired) electrons. The zero-order valence-corrected chi connectivity index (χ0v) is 9.46. The average Bonchev–Trinajstić information content (AvgIpc) is 2.15. The van der Waals surface area contributed by atoms with Crippen LogP contribution in [0.1, 0.15) is 32.3 Å². The molecule has 1 aromatic rings. The van der Waals surface area contributed by atoms with Gasteiger partial charge in [-0.05, 0) is 0 Å². The molecule has 0 amide bonds. The fourth-order valence-electron chi connectivity index (χ4n) is 1.07. The molecule has 15 heavy (non-hydrogen) atoms. The lowest BCUT2D eigenvalue weighted by Crippen LogP contribution is -2.21. The molecule has 1 heterocycles. The van der Waals surface area contributed by atoms with Gasteiger partial charge in [0.1, 0.15) is 11.7 Å². The van der Waals surface area contributed by atoms with E-state index in [9.17, 15) is 0 Å². The first-order valence-electron chi connectivity index (χ1n) is 4.62. The molecule has 5 heteroatoms. The molecule has 3 N–H and O–H groups in total. The van der Waals surface area contributed by atoms with Gasteiger partial charge in [-0.25, -0.2) is 9.97 Å². The van der Waals surface area contributed by atoms with Crippen molar-refractivity contribution in [2.75, 3.05) is 7.11 Å². The van der Waals surface area contributed by atoms with E-state index in [1.54, 1.807) is 6.20 Å². The molecular weight excluding hydrogens is 192 g/mol. The highest BCUT2D eigenvalue weighted by Gasteiger charge is 2.20. The van der Waals surface area contributed by atoms with E-state index < -0.39 is 0 Å². The average molecular weight is 208 g/mol. The minimum Gasteiger partial charge on any atom is -0.493 e.